The molecule has 5 rings (SSSR count). The lowest BCUT2D eigenvalue weighted by Crippen LogP contribution is -2.42. The largest absolute Gasteiger partial charge is 0.437 e. The molecule has 2 atom stereocenters. The number of benzene rings is 2. The van der Waals surface area contributed by atoms with Gasteiger partial charge in [-0.25, -0.2) is 36.5 Å². The fourth-order valence-electron chi connectivity index (χ4n) is 4.94. The number of pyridine rings is 1. The van der Waals surface area contributed by atoms with E-state index in [-0.39, 0.29) is 23.0 Å². The van der Waals surface area contributed by atoms with Gasteiger partial charge in [-0.15, -0.1) is 0 Å². The van der Waals surface area contributed by atoms with E-state index in [1.54, 1.807) is 49.6 Å². The third-order valence-electron chi connectivity index (χ3n) is 6.96. The molecule has 1 unspecified atom stereocenters. The summed E-state index contributed by atoms with van der Waals surface area (Å²) in [5, 5.41) is 7.40. The zero-order valence-corrected chi connectivity index (χ0v) is 23.9. The molecule has 2 aromatic carbocycles. The first kappa shape index (κ1) is 29.5. The number of anilines is 2. The van der Waals surface area contributed by atoms with Gasteiger partial charge in [0.25, 0.3) is 0 Å². The molecule has 42 heavy (non-hydrogen) atoms. The molecule has 3 heterocycles. The van der Waals surface area contributed by atoms with Gasteiger partial charge in [0.15, 0.2) is 0 Å². The zero-order chi connectivity index (χ0) is 29.9. The molecule has 1 fully saturated rings. The molecule has 1 saturated heterocycles. The predicted octanol–water partition coefficient (Wildman–Crippen LogP) is 5.74. The van der Waals surface area contributed by atoms with Crippen LogP contribution >= 0.6 is 0 Å². The Hall–Kier alpha value is -3.97. The Balaban J connectivity index is 1.47. The molecular formula is C29H31F3N6O3S. The second-order valence-electron chi connectivity index (χ2n) is 10.4. The van der Waals surface area contributed by atoms with Crippen LogP contribution in [0.2, 0.25) is 0 Å². The molecular weight excluding hydrogens is 569 g/mol. The number of sulfonamides is 1. The first-order chi connectivity index (χ1) is 20.1. The fraction of sp³-hybridized carbons (Fsp3) is 0.345. The summed E-state index contributed by atoms with van der Waals surface area (Å²) in [7, 11) is -4.23. The van der Waals surface area contributed by atoms with Crippen LogP contribution in [0.25, 0.3) is 22.0 Å². The van der Waals surface area contributed by atoms with Crippen LogP contribution in [0.1, 0.15) is 25.3 Å². The van der Waals surface area contributed by atoms with E-state index < -0.39 is 34.4 Å². The van der Waals surface area contributed by atoms with E-state index in [4.69, 9.17) is 9.72 Å². The standard InChI is InChI=1S/C29H31F3N6O3S/c1-17-14-19(16-33-15-17)36-29-35-12-9-24(37-29)22-4-3-11-34-28(22)41-27-18(2)5-6-20-21(27)7-8-23(30)26(20)38-42(39,40)13-10-25(31)32/h3-9,11-12,17,19,25,33,38H,10,13-16H2,1-2H3,(H,35,36,37)/t17-,19?/m1/s1. The average Bonchev–Trinajstić information content (AvgIpc) is 2.95. The van der Waals surface area contributed by atoms with Gasteiger partial charge in [0.1, 0.15) is 11.6 Å². The smallest absolute Gasteiger partial charge is 0.239 e. The van der Waals surface area contributed by atoms with Crippen molar-refractivity contribution in [3.05, 3.63) is 66.2 Å². The van der Waals surface area contributed by atoms with Gasteiger partial charge in [0.2, 0.25) is 28.3 Å². The minimum Gasteiger partial charge on any atom is -0.437 e. The van der Waals surface area contributed by atoms with E-state index in [2.05, 4.69) is 32.2 Å². The normalized spacial score (nSPS) is 17.4. The molecule has 0 bridgehead atoms. The van der Waals surface area contributed by atoms with Crippen molar-refractivity contribution >= 4 is 32.4 Å². The molecule has 0 saturated carbocycles. The zero-order valence-electron chi connectivity index (χ0n) is 23.1. The van der Waals surface area contributed by atoms with Crippen LogP contribution in [0.3, 0.4) is 0 Å². The van der Waals surface area contributed by atoms with Crippen LogP contribution in [0, 0.1) is 18.7 Å². The number of halogens is 3. The van der Waals surface area contributed by atoms with E-state index >= 15 is 0 Å². The van der Waals surface area contributed by atoms with E-state index in [1.165, 1.54) is 6.07 Å². The monoisotopic (exact) mass is 600 g/mol. The third kappa shape index (κ3) is 6.90. The molecule has 4 aromatic rings. The number of nitrogens with zero attached hydrogens (tertiary/aromatic N) is 3. The number of nitrogens with one attached hydrogen (secondary N) is 3. The SMILES string of the molecule is Cc1ccc2c(NS(=O)(=O)CCC(F)F)c(F)ccc2c1Oc1ncccc1-c1ccnc(NC2CNC[C@H](C)C2)n1. The molecule has 0 amide bonds. The molecule has 13 heteroatoms. The highest BCUT2D eigenvalue weighted by Gasteiger charge is 2.22. The Morgan fingerprint density at radius 2 is 1.88 bits per heavy atom. The van der Waals surface area contributed by atoms with E-state index in [1.807, 2.05) is 0 Å². The van der Waals surface area contributed by atoms with Crippen molar-refractivity contribution in [1.82, 2.24) is 20.3 Å². The first-order valence-corrected chi connectivity index (χ1v) is 15.2. The van der Waals surface area contributed by atoms with Crippen molar-refractivity contribution in [2.75, 3.05) is 28.9 Å². The molecule has 1 aliphatic heterocycles. The van der Waals surface area contributed by atoms with E-state index in [9.17, 15) is 21.6 Å². The van der Waals surface area contributed by atoms with Gasteiger partial charge in [0.05, 0.1) is 22.7 Å². The summed E-state index contributed by atoms with van der Waals surface area (Å²) in [4.78, 5) is 13.5. The predicted molar refractivity (Wildman–Crippen MR) is 156 cm³/mol. The number of fused-ring (bicyclic) bond motifs is 1. The molecule has 1 aliphatic rings. The van der Waals surface area contributed by atoms with Gasteiger partial charge in [-0.3, -0.25) is 4.72 Å². The Morgan fingerprint density at radius 1 is 1.07 bits per heavy atom. The molecule has 2 aromatic heterocycles. The summed E-state index contributed by atoms with van der Waals surface area (Å²) in [5.74, 6) is -0.129. The second-order valence-corrected chi connectivity index (χ2v) is 12.2. The van der Waals surface area contributed by atoms with Gasteiger partial charge in [-0.2, -0.15) is 0 Å². The van der Waals surface area contributed by atoms with E-state index in [0.29, 0.717) is 39.8 Å². The highest BCUT2D eigenvalue weighted by Crippen LogP contribution is 2.39. The summed E-state index contributed by atoms with van der Waals surface area (Å²) in [6.07, 6.45) is 0.543. The highest BCUT2D eigenvalue weighted by atomic mass is 32.2. The second kappa shape index (κ2) is 12.5. The number of alkyl halides is 2. The Bertz CT molecular complexity index is 1690. The summed E-state index contributed by atoms with van der Waals surface area (Å²) in [6, 6.07) is 11.3. The minimum absolute atomic E-state index is 0.189. The number of rotatable bonds is 10. The summed E-state index contributed by atoms with van der Waals surface area (Å²) < 4.78 is 73.5. The van der Waals surface area contributed by atoms with Crippen molar-refractivity contribution in [3.63, 3.8) is 0 Å². The molecule has 0 radical (unpaired) electrons. The van der Waals surface area contributed by atoms with Crippen molar-refractivity contribution < 1.29 is 26.3 Å². The number of aryl methyl sites for hydroxylation is 1. The summed E-state index contributed by atoms with van der Waals surface area (Å²) in [5.41, 5.74) is 1.50. The van der Waals surface area contributed by atoms with Crippen LogP contribution < -0.4 is 20.1 Å². The van der Waals surface area contributed by atoms with Crippen molar-refractivity contribution in [3.8, 4) is 22.9 Å². The number of piperidine rings is 1. The number of hydrogen-bond acceptors (Lipinski definition) is 8. The molecule has 9 nitrogen and oxygen atoms in total. The van der Waals surface area contributed by atoms with Crippen molar-refractivity contribution in [2.45, 2.75) is 39.2 Å². The molecule has 222 valence electrons. The van der Waals surface area contributed by atoms with Crippen LogP contribution in [-0.2, 0) is 10.0 Å². The van der Waals surface area contributed by atoms with Gasteiger partial charge >= 0.3 is 0 Å². The van der Waals surface area contributed by atoms with Gasteiger partial charge in [0, 0.05) is 42.2 Å². The maximum Gasteiger partial charge on any atom is 0.239 e. The van der Waals surface area contributed by atoms with Crippen molar-refractivity contribution in [2.24, 2.45) is 5.92 Å². The maximum atomic E-state index is 14.9. The first-order valence-electron chi connectivity index (χ1n) is 13.5. The highest BCUT2D eigenvalue weighted by molar-refractivity contribution is 7.92. The number of aromatic nitrogens is 3. The van der Waals surface area contributed by atoms with Crippen LogP contribution in [-0.4, -0.2) is 54.7 Å². The average molecular weight is 601 g/mol. The summed E-state index contributed by atoms with van der Waals surface area (Å²) >= 11 is 0. The van der Waals surface area contributed by atoms with Gasteiger partial charge in [-0.1, -0.05) is 19.1 Å². The maximum absolute atomic E-state index is 14.9. The van der Waals surface area contributed by atoms with Crippen LogP contribution in [0.4, 0.5) is 24.8 Å². The third-order valence-corrected chi connectivity index (χ3v) is 8.25. The number of hydrogen-bond donors (Lipinski definition) is 3. The lowest BCUT2D eigenvalue weighted by Gasteiger charge is -2.28. The Kier molecular flexibility index (Phi) is 8.78. The summed E-state index contributed by atoms with van der Waals surface area (Å²) in [6.45, 7) is 5.76. The minimum atomic E-state index is -4.23. The molecule has 0 aliphatic carbocycles. The van der Waals surface area contributed by atoms with Gasteiger partial charge in [-0.05, 0) is 61.7 Å². The van der Waals surface area contributed by atoms with Crippen LogP contribution in [0.5, 0.6) is 11.6 Å². The topological polar surface area (TPSA) is 118 Å². The molecule has 3 N–H and O–H groups in total. The quantitative estimate of drug-likeness (QED) is 0.211. The Morgan fingerprint density at radius 3 is 2.67 bits per heavy atom. The van der Waals surface area contributed by atoms with Crippen LogP contribution in [0.15, 0.2) is 54.9 Å². The lowest BCUT2D eigenvalue weighted by atomic mass is 9.98. The Labute approximate surface area is 242 Å². The van der Waals surface area contributed by atoms with Crippen molar-refractivity contribution in [1.29, 1.82) is 0 Å². The fourth-order valence-corrected chi connectivity index (χ4v) is 6.05. The van der Waals surface area contributed by atoms with E-state index in [0.717, 1.165) is 25.6 Å². The number of ether oxygens (including phenoxy) is 1. The van der Waals surface area contributed by atoms with Gasteiger partial charge < -0.3 is 15.4 Å². The lowest BCUT2D eigenvalue weighted by molar-refractivity contribution is 0.145. The molecule has 0 spiro atoms.